The SMILES string of the molecule is CC(O)NC(C(=O)C(F)(F)C(F)(F)F)C(C)C. The molecule has 0 radical (unpaired) electrons. The van der Waals surface area contributed by atoms with Crippen LogP contribution in [-0.2, 0) is 4.79 Å². The molecule has 0 aliphatic rings. The van der Waals surface area contributed by atoms with Crippen LogP contribution in [0.1, 0.15) is 20.8 Å². The van der Waals surface area contributed by atoms with Gasteiger partial charge in [0.1, 0.15) is 6.23 Å². The molecule has 0 rings (SSSR count). The van der Waals surface area contributed by atoms with Crippen LogP contribution in [0.4, 0.5) is 22.0 Å². The maximum Gasteiger partial charge on any atom is 0.461 e. The largest absolute Gasteiger partial charge is 0.461 e. The topological polar surface area (TPSA) is 49.3 Å². The summed E-state index contributed by atoms with van der Waals surface area (Å²) in [7, 11) is 0. The molecule has 0 aromatic carbocycles. The summed E-state index contributed by atoms with van der Waals surface area (Å²) < 4.78 is 61.5. The smallest absolute Gasteiger partial charge is 0.379 e. The van der Waals surface area contributed by atoms with E-state index < -0.39 is 36.1 Å². The summed E-state index contributed by atoms with van der Waals surface area (Å²) in [6.07, 6.45) is -7.30. The summed E-state index contributed by atoms with van der Waals surface area (Å²) >= 11 is 0. The molecule has 0 saturated heterocycles. The fraction of sp³-hybridized carbons (Fsp3) is 0.889. The highest BCUT2D eigenvalue weighted by molar-refractivity contribution is 5.91. The van der Waals surface area contributed by atoms with E-state index in [1.807, 2.05) is 5.32 Å². The van der Waals surface area contributed by atoms with Crippen LogP contribution in [0.2, 0.25) is 0 Å². The van der Waals surface area contributed by atoms with Gasteiger partial charge >= 0.3 is 12.1 Å². The Morgan fingerprint density at radius 2 is 1.53 bits per heavy atom. The van der Waals surface area contributed by atoms with Crippen LogP contribution in [-0.4, -0.2) is 35.3 Å². The highest BCUT2D eigenvalue weighted by atomic mass is 19.4. The molecule has 102 valence electrons. The minimum absolute atomic E-state index is 0.815. The van der Waals surface area contributed by atoms with Crippen molar-refractivity contribution in [1.82, 2.24) is 5.32 Å². The summed E-state index contributed by atoms with van der Waals surface area (Å²) in [5.41, 5.74) is 0. The van der Waals surface area contributed by atoms with Crippen molar-refractivity contribution >= 4 is 5.78 Å². The van der Waals surface area contributed by atoms with Crippen molar-refractivity contribution < 1.29 is 31.9 Å². The van der Waals surface area contributed by atoms with Gasteiger partial charge in [-0.2, -0.15) is 22.0 Å². The predicted octanol–water partition coefficient (Wildman–Crippen LogP) is 1.71. The van der Waals surface area contributed by atoms with Gasteiger partial charge in [-0.25, -0.2) is 0 Å². The molecule has 0 aromatic rings. The molecule has 0 spiro atoms. The average Bonchev–Trinajstić information content (AvgIpc) is 2.10. The summed E-state index contributed by atoms with van der Waals surface area (Å²) in [5.74, 6) is -8.53. The highest BCUT2D eigenvalue weighted by Crippen LogP contribution is 2.37. The first-order valence-corrected chi connectivity index (χ1v) is 4.84. The van der Waals surface area contributed by atoms with E-state index in [1.165, 1.54) is 13.8 Å². The number of hydrogen-bond donors (Lipinski definition) is 2. The average molecular weight is 263 g/mol. The van der Waals surface area contributed by atoms with E-state index in [0.29, 0.717) is 0 Å². The van der Waals surface area contributed by atoms with E-state index in [-0.39, 0.29) is 0 Å². The molecule has 0 bridgehead atoms. The molecule has 3 nitrogen and oxygen atoms in total. The molecule has 0 amide bonds. The molecular formula is C9H14F5NO2. The zero-order valence-electron chi connectivity index (χ0n) is 9.48. The molecule has 0 fully saturated rings. The van der Waals surface area contributed by atoms with E-state index in [2.05, 4.69) is 0 Å². The Balaban J connectivity index is 5.09. The van der Waals surface area contributed by atoms with E-state index in [9.17, 15) is 26.7 Å². The number of aliphatic hydroxyl groups is 1. The minimum Gasteiger partial charge on any atom is -0.379 e. The number of rotatable bonds is 5. The Morgan fingerprint density at radius 3 is 1.76 bits per heavy atom. The third-order valence-corrected chi connectivity index (χ3v) is 2.04. The second kappa shape index (κ2) is 5.26. The van der Waals surface area contributed by atoms with Crippen LogP contribution in [0.3, 0.4) is 0 Å². The van der Waals surface area contributed by atoms with E-state index >= 15 is 0 Å². The molecule has 2 unspecified atom stereocenters. The number of alkyl halides is 5. The molecule has 17 heavy (non-hydrogen) atoms. The van der Waals surface area contributed by atoms with Crippen molar-refractivity contribution in [2.45, 2.75) is 45.1 Å². The van der Waals surface area contributed by atoms with E-state index in [0.717, 1.165) is 6.92 Å². The number of hydrogen-bond acceptors (Lipinski definition) is 3. The van der Waals surface area contributed by atoms with E-state index in [4.69, 9.17) is 5.11 Å². The maximum absolute atomic E-state index is 12.8. The Hall–Kier alpha value is -0.760. The molecule has 0 aliphatic heterocycles. The number of nitrogens with one attached hydrogen (secondary N) is 1. The van der Waals surface area contributed by atoms with Crippen LogP contribution < -0.4 is 5.32 Å². The van der Waals surface area contributed by atoms with Gasteiger partial charge in [-0.15, -0.1) is 0 Å². The van der Waals surface area contributed by atoms with Gasteiger partial charge in [0, 0.05) is 0 Å². The Morgan fingerprint density at radius 1 is 1.12 bits per heavy atom. The number of carbonyl (C=O) groups is 1. The first-order valence-electron chi connectivity index (χ1n) is 4.84. The monoisotopic (exact) mass is 263 g/mol. The quantitative estimate of drug-likeness (QED) is 0.586. The van der Waals surface area contributed by atoms with Gasteiger partial charge in [0.05, 0.1) is 6.04 Å². The van der Waals surface area contributed by atoms with Gasteiger partial charge in [0.25, 0.3) is 0 Å². The third-order valence-electron chi connectivity index (χ3n) is 2.04. The minimum atomic E-state index is -5.93. The molecule has 0 aromatic heterocycles. The lowest BCUT2D eigenvalue weighted by atomic mass is 9.95. The standard InChI is InChI=1S/C9H14F5NO2/c1-4(2)6(15-5(3)16)7(17)8(10,11)9(12,13)14/h4-6,15-16H,1-3H3. The lowest BCUT2D eigenvalue weighted by Gasteiger charge is -2.27. The Labute approximate surface area is 95.0 Å². The van der Waals surface area contributed by atoms with Crippen LogP contribution in [0.15, 0.2) is 0 Å². The van der Waals surface area contributed by atoms with Crippen molar-refractivity contribution in [1.29, 1.82) is 0 Å². The first kappa shape index (κ1) is 16.2. The van der Waals surface area contributed by atoms with Crippen LogP contribution in [0.5, 0.6) is 0 Å². The van der Waals surface area contributed by atoms with Crippen LogP contribution >= 0.6 is 0 Å². The number of carbonyl (C=O) groups excluding carboxylic acids is 1. The van der Waals surface area contributed by atoms with E-state index in [1.54, 1.807) is 0 Å². The maximum atomic E-state index is 12.8. The van der Waals surface area contributed by atoms with Gasteiger partial charge in [0.2, 0.25) is 5.78 Å². The fourth-order valence-corrected chi connectivity index (χ4v) is 1.17. The molecule has 8 heteroatoms. The summed E-state index contributed by atoms with van der Waals surface area (Å²) in [6.45, 7) is 3.71. The molecule has 2 N–H and O–H groups in total. The lowest BCUT2D eigenvalue weighted by Crippen LogP contribution is -2.56. The van der Waals surface area contributed by atoms with Gasteiger partial charge < -0.3 is 5.11 Å². The second-order valence-electron chi connectivity index (χ2n) is 4.00. The fourth-order valence-electron chi connectivity index (χ4n) is 1.17. The van der Waals surface area contributed by atoms with Gasteiger partial charge in [0.15, 0.2) is 0 Å². The lowest BCUT2D eigenvalue weighted by molar-refractivity contribution is -0.270. The zero-order valence-corrected chi connectivity index (χ0v) is 9.48. The molecule has 0 aliphatic carbocycles. The molecule has 2 atom stereocenters. The van der Waals surface area contributed by atoms with Crippen LogP contribution in [0, 0.1) is 5.92 Å². The summed E-state index contributed by atoms with van der Waals surface area (Å²) in [6, 6.07) is -1.77. The van der Waals surface area contributed by atoms with Crippen LogP contribution in [0.25, 0.3) is 0 Å². The van der Waals surface area contributed by atoms with Gasteiger partial charge in [-0.3, -0.25) is 10.1 Å². The predicted molar refractivity (Wildman–Crippen MR) is 49.5 cm³/mol. The number of halogens is 5. The molecular weight excluding hydrogens is 249 g/mol. The third kappa shape index (κ3) is 3.88. The number of aliphatic hydroxyl groups excluding tert-OH is 1. The first-order chi connectivity index (χ1) is 7.41. The zero-order chi connectivity index (χ0) is 14.0. The molecule has 0 saturated carbocycles. The second-order valence-corrected chi connectivity index (χ2v) is 4.00. The highest BCUT2D eigenvalue weighted by Gasteiger charge is 2.64. The summed E-state index contributed by atoms with van der Waals surface area (Å²) in [5, 5.41) is 10.9. The van der Waals surface area contributed by atoms with Crippen molar-refractivity contribution in [3.8, 4) is 0 Å². The van der Waals surface area contributed by atoms with Crippen molar-refractivity contribution in [2.75, 3.05) is 0 Å². The van der Waals surface area contributed by atoms with Crippen molar-refractivity contribution in [2.24, 2.45) is 5.92 Å². The number of Topliss-reactive ketones (excluding diaryl/α,β-unsaturated/α-hetero) is 1. The normalized spacial score (nSPS) is 17.1. The number of ketones is 1. The van der Waals surface area contributed by atoms with Crippen molar-refractivity contribution in [3.63, 3.8) is 0 Å². The Kier molecular flexibility index (Phi) is 5.02. The Bertz CT molecular complexity index is 275. The summed E-state index contributed by atoms with van der Waals surface area (Å²) in [4.78, 5) is 11.1. The van der Waals surface area contributed by atoms with Gasteiger partial charge in [-0.05, 0) is 12.8 Å². The van der Waals surface area contributed by atoms with Crippen molar-refractivity contribution in [3.05, 3.63) is 0 Å². The molecule has 0 heterocycles. The van der Waals surface area contributed by atoms with Gasteiger partial charge in [-0.1, -0.05) is 13.8 Å².